The topological polar surface area (TPSA) is 46.3 Å². The number of hydrogen-bond acceptors (Lipinski definition) is 2. The van der Waals surface area contributed by atoms with Gasteiger partial charge in [0.15, 0.2) is 0 Å². The third-order valence-corrected chi connectivity index (χ3v) is 2.73. The van der Waals surface area contributed by atoms with Crippen LogP contribution in [0.5, 0.6) is 0 Å². The lowest BCUT2D eigenvalue weighted by molar-refractivity contribution is -0.130. The molecule has 0 aliphatic heterocycles. The minimum Gasteiger partial charge on any atom is -0.344 e. The van der Waals surface area contributed by atoms with Crippen molar-refractivity contribution >= 4 is 5.91 Å². The predicted octanol–water partition coefficient (Wildman–Crippen LogP) is 2.54. The highest BCUT2D eigenvalue weighted by molar-refractivity contribution is 5.75. The summed E-state index contributed by atoms with van der Waals surface area (Å²) in [5.41, 5.74) is 5.65. The van der Waals surface area contributed by atoms with Crippen LogP contribution < -0.4 is 5.73 Å². The van der Waals surface area contributed by atoms with Gasteiger partial charge in [0, 0.05) is 26.1 Å². The summed E-state index contributed by atoms with van der Waals surface area (Å²) in [5, 5.41) is 0. The van der Waals surface area contributed by atoms with Crippen LogP contribution in [-0.4, -0.2) is 30.4 Å². The van der Waals surface area contributed by atoms with Crippen molar-refractivity contribution in [3.63, 3.8) is 0 Å². The number of rotatable bonds is 9. The van der Waals surface area contributed by atoms with Crippen LogP contribution in [0.2, 0.25) is 0 Å². The molecular weight excluding hydrogens is 200 g/mol. The van der Waals surface area contributed by atoms with Gasteiger partial charge in [0.25, 0.3) is 0 Å². The van der Waals surface area contributed by atoms with Crippen LogP contribution >= 0.6 is 0 Å². The van der Waals surface area contributed by atoms with Crippen molar-refractivity contribution in [2.24, 2.45) is 5.73 Å². The highest BCUT2D eigenvalue weighted by atomic mass is 16.2. The molecule has 0 aromatic rings. The van der Waals surface area contributed by atoms with Crippen LogP contribution in [0, 0.1) is 0 Å². The number of hydrogen-bond donors (Lipinski definition) is 1. The van der Waals surface area contributed by atoms with Crippen molar-refractivity contribution in [1.29, 1.82) is 0 Å². The minimum atomic E-state index is 0.0681. The Morgan fingerprint density at radius 3 is 2.31 bits per heavy atom. The molecule has 1 atom stereocenters. The van der Waals surface area contributed by atoms with E-state index in [-0.39, 0.29) is 11.9 Å². The third kappa shape index (κ3) is 8.72. The SMILES string of the molecule is CCCCCCCCC(=O)N(C)CC(C)N. The van der Waals surface area contributed by atoms with Gasteiger partial charge >= 0.3 is 0 Å². The Morgan fingerprint density at radius 2 is 1.75 bits per heavy atom. The summed E-state index contributed by atoms with van der Waals surface area (Å²) in [6.07, 6.45) is 8.03. The maximum absolute atomic E-state index is 11.6. The van der Waals surface area contributed by atoms with E-state index in [0.29, 0.717) is 13.0 Å². The summed E-state index contributed by atoms with van der Waals surface area (Å²) in [6, 6.07) is 0.0681. The van der Waals surface area contributed by atoms with Crippen LogP contribution in [0.3, 0.4) is 0 Å². The fraction of sp³-hybridized carbons (Fsp3) is 0.923. The standard InChI is InChI=1S/C13H28N2O/c1-4-5-6-7-8-9-10-13(16)15(3)11-12(2)14/h12H,4-11,14H2,1-3H3. The van der Waals surface area contributed by atoms with E-state index in [9.17, 15) is 4.79 Å². The Morgan fingerprint density at radius 1 is 1.19 bits per heavy atom. The Hall–Kier alpha value is -0.570. The minimum absolute atomic E-state index is 0.0681. The maximum Gasteiger partial charge on any atom is 0.222 e. The molecule has 2 N–H and O–H groups in total. The number of carbonyl (C=O) groups excluding carboxylic acids is 1. The molecular formula is C13H28N2O. The quantitative estimate of drug-likeness (QED) is 0.616. The van der Waals surface area contributed by atoms with E-state index in [1.165, 1.54) is 32.1 Å². The molecule has 0 bridgehead atoms. The zero-order valence-electron chi connectivity index (χ0n) is 11.2. The molecule has 1 amide bonds. The maximum atomic E-state index is 11.6. The number of nitrogens with zero attached hydrogens (tertiary/aromatic N) is 1. The van der Waals surface area contributed by atoms with Gasteiger partial charge in [-0.3, -0.25) is 4.79 Å². The van der Waals surface area contributed by atoms with Gasteiger partial charge in [0.2, 0.25) is 5.91 Å². The third-order valence-electron chi connectivity index (χ3n) is 2.73. The van der Waals surface area contributed by atoms with Gasteiger partial charge in [0.1, 0.15) is 0 Å². The van der Waals surface area contributed by atoms with E-state index in [0.717, 1.165) is 6.42 Å². The smallest absolute Gasteiger partial charge is 0.222 e. The van der Waals surface area contributed by atoms with E-state index < -0.39 is 0 Å². The largest absolute Gasteiger partial charge is 0.344 e. The zero-order chi connectivity index (χ0) is 12.4. The van der Waals surface area contributed by atoms with Crippen molar-refractivity contribution in [3.8, 4) is 0 Å². The van der Waals surface area contributed by atoms with Crippen molar-refractivity contribution < 1.29 is 4.79 Å². The molecule has 0 saturated heterocycles. The molecule has 16 heavy (non-hydrogen) atoms. The van der Waals surface area contributed by atoms with E-state index in [1.54, 1.807) is 4.90 Å². The van der Waals surface area contributed by atoms with Gasteiger partial charge in [-0.15, -0.1) is 0 Å². The summed E-state index contributed by atoms with van der Waals surface area (Å²) in [6.45, 7) is 4.80. The van der Waals surface area contributed by atoms with Crippen LogP contribution in [-0.2, 0) is 4.79 Å². The summed E-state index contributed by atoms with van der Waals surface area (Å²) >= 11 is 0. The predicted molar refractivity (Wildman–Crippen MR) is 69.3 cm³/mol. The molecule has 0 rings (SSSR count). The number of carbonyl (C=O) groups is 1. The van der Waals surface area contributed by atoms with Gasteiger partial charge in [-0.1, -0.05) is 39.0 Å². The summed E-state index contributed by atoms with van der Waals surface area (Å²) in [4.78, 5) is 13.4. The molecule has 0 fully saturated rings. The van der Waals surface area contributed by atoms with Gasteiger partial charge in [-0.25, -0.2) is 0 Å². The molecule has 0 radical (unpaired) electrons. The highest BCUT2D eigenvalue weighted by Crippen LogP contribution is 2.07. The molecule has 0 spiro atoms. The van der Waals surface area contributed by atoms with Crippen LogP contribution in [0.15, 0.2) is 0 Å². The first kappa shape index (κ1) is 15.4. The first-order valence-electron chi connectivity index (χ1n) is 6.57. The molecule has 96 valence electrons. The fourth-order valence-corrected chi connectivity index (χ4v) is 1.78. The van der Waals surface area contributed by atoms with E-state index in [2.05, 4.69) is 6.92 Å². The Balaban J connectivity index is 3.42. The van der Waals surface area contributed by atoms with Gasteiger partial charge < -0.3 is 10.6 Å². The molecule has 0 heterocycles. The first-order chi connectivity index (χ1) is 7.57. The second-order valence-corrected chi connectivity index (χ2v) is 4.77. The lowest BCUT2D eigenvalue weighted by Gasteiger charge is -2.19. The molecule has 0 aromatic carbocycles. The fourth-order valence-electron chi connectivity index (χ4n) is 1.78. The van der Waals surface area contributed by atoms with Gasteiger partial charge in [0.05, 0.1) is 0 Å². The lowest BCUT2D eigenvalue weighted by atomic mass is 10.1. The van der Waals surface area contributed by atoms with E-state index in [1.807, 2.05) is 14.0 Å². The van der Waals surface area contributed by atoms with Crippen molar-refractivity contribution in [2.75, 3.05) is 13.6 Å². The number of nitrogens with two attached hydrogens (primary N) is 1. The Kier molecular flexibility index (Phi) is 9.30. The summed E-state index contributed by atoms with van der Waals surface area (Å²) < 4.78 is 0. The van der Waals surface area contributed by atoms with Gasteiger partial charge in [-0.2, -0.15) is 0 Å². The monoisotopic (exact) mass is 228 g/mol. The number of unbranched alkanes of at least 4 members (excludes halogenated alkanes) is 5. The van der Waals surface area contributed by atoms with Gasteiger partial charge in [-0.05, 0) is 13.3 Å². The molecule has 1 unspecified atom stereocenters. The second-order valence-electron chi connectivity index (χ2n) is 4.77. The average molecular weight is 228 g/mol. The first-order valence-corrected chi connectivity index (χ1v) is 6.57. The molecule has 3 heteroatoms. The highest BCUT2D eigenvalue weighted by Gasteiger charge is 2.09. The zero-order valence-corrected chi connectivity index (χ0v) is 11.2. The second kappa shape index (κ2) is 9.64. The Bertz CT molecular complexity index is 181. The molecule has 0 saturated carbocycles. The summed E-state index contributed by atoms with van der Waals surface area (Å²) in [7, 11) is 1.84. The van der Waals surface area contributed by atoms with E-state index >= 15 is 0 Å². The average Bonchev–Trinajstić information content (AvgIpc) is 2.21. The van der Waals surface area contributed by atoms with Crippen LogP contribution in [0.4, 0.5) is 0 Å². The van der Waals surface area contributed by atoms with E-state index in [4.69, 9.17) is 5.73 Å². The normalized spacial score (nSPS) is 12.5. The molecule has 0 aliphatic carbocycles. The Labute approximate surface area is 100 Å². The van der Waals surface area contributed by atoms with Crippen molar-refractivity contribution in [2.45, 2.75) is 64.8 Å². The van der Waals surface area contributed by atoms with Crippen molar-refractivity contribution in [3.05, 3.63) is 0 Å². The van der Waals surface area contributed by atoms with Crippen molar-refractivity contribution in [1.82, 2.24) is 4.90 Å². The summed E-state index contributed by atoms with van der Waals surface area (Å²) in [5.74, 6) is 0.229. The lowest BCUT2D eigenvalue weighted by Crippen LogP contribution is -2.36. The van der Waals surface area contributed by atoms with Crippen LogP contribution in [0.1, 0.15) is 58.8 Å². The van der Waals surface area contributed by atoms with Crippen LogP contribution in [0.25, 0.3) is 0 Å². The molecule has 0 aliphatic rings. The molecule has 3 nitrogen and oxygen atoms in total. The number of amides is 1. The number of likely N-dealkylation sites (N-methyl/N-ethyl adjacent to an activating group) is 1. The molecule has 0 aromatic heterocycles.